The van der Waals surface area contributed by atoms with E-state index in [0.717, 1.165) is 23.8 Å². The second-order valence-corrected chi connectivity index (χ2v) is 9.09. The fraction of sp³-hybridized carbons (Fsp3) is 0.714. The lowest BCUT2D eigenvalue weighted by Crippen LogP contribution is -2.49. The van der Waals surface area contributed by atoms with Gasteiger partial charge >= 0.3 is 0 Å². The molecule has 1 aromatic rings. The van der Waals surface area contributed by atoms with Crippen molar-refractivity contribution in [3.05, 3.63) is 16.1 Å². The van der Waals surface area contributed by atoms with E-state index in [9.17, 15) is 8.42 Å². The van der Waals surface area contributed by atoms with Crippen molar-refractivity contribution < 1.29 is 8.42 Å². The average molecular weight is 487 g/mol. The largest absolute Gasteiger partial charge is 0.354 e. The number of rotatable bonds is 5. The molecule has 2 rings (SSSR count). The summed E-state index contributed by atoms with van der Waals surface area (Å²) in [5.74, 6) is 0.899. The number of aryl methyl sites for hydroxylation is 1. The van der Waals surface area contributed by atoms with Gasteiger partial charge in [0.05, 0.1) is 12.3 Å². The second-order valence-electron chi connectivity index (χ2n) is 5.51. The summed E-state index contributed by atoms with van der Waals surface area (Å²) in [5, 5.41) is 7.64. The summed E-state index contributed by atoms with van der Waals surface area (Å²) in [6, 6.07) is 0.238. The minimum atomic E-state index is -3.07. The molecule has 1 aliphatic heterocycles. The van der Waals surface area contributed by atoms with Crippen LogP contribution in [0, 0.1) is 6.92 Å². The maximum Gasteiger partial charge on any atom is 0.213 e. The van der Waals surface area contributed by atoms with E-state index in [-0.39, 0.29) is 35.8 Å². The van der Waals surface area contributed by atoms with Crippen LogP contribution in [0.1, 0.15) is 29.7 Å². The Hall–Kier alpha value is -0.460. The van der Waals surface area contributed by atoms with Crippen LogP contribution in [-0.2, 0) is 16.6 Å². The molecule has 0 amide bonds. The van der Waals surface area contributed by atoms with Crippen molar-refractivity contribution >= 4 is 51.3 Å². The first-order valence-corrected chi connectivity index (χ1v) is 10.2. The molecule has 7 nitrogen and oxygen atoms in total. The first-order chi connectivity index (χ1) is 10.9. The maximum atomic E-state index is 11.9. The quantitative estimate of drug-likeness (QED) is 0.374. The molecule has 0 aliphatic carbocycles. The lowest BCUT2D eigenvalue weighted by Gasteiger charge is -2.32. The number of hydrogen-bond donors (Lipinski definition) is 2. The van der Waals surface area contributed by atoms with Crippen LogP contribution in [-0.4, -0.2) is 55.6 Å². The van der Waals surface area contributed by atoms with E-state index in [0.29, 0.717) is 19.6 Å². The summed E-state index contributed by atoms with van der Waals surface area (Å²) < 4.78 is 25.3. The molecule has 2 heterocycles. The topological polar surface area (TPSA) is 86.7 Å². The maximum absolute atomic E-state index is 11.9. The van der Waals surface area contributed by atoms with Crippen LogP contribution in [0.2, 0.25) is 0 Å². The van der Waals surface area contributed by atoms with Crippen molar-refractivity contribution in [3.8, 4) is 0 Å². The Kier molecular flexibility index (Phi) is 8.88. The third-order valence-electron chi connectivity index (χ3n) is 3.85. The van der Waals surface area contributed by atoms with E-state index in [1.165, 1.54) is 4.88 Å². The van der Waals surface area contributed by atoms with Gasteiger partial charge in [-0.25, -0.2) is 17.7 Å². The molecular weight excluding hydrogens is 461 g/mol. The van der Waals surface area contributed by atoms with Crippen molar-refractivity contribution in [1.82, 2.24) is 19.9 Å². The number of hydrogen-bond acceptors (Lipinski definition) is 5. The van der Waals surface area contributed by atoms with Crippen LogP contribution >= 0.6 is 35.3 Å². The molecule has 138 valence electrons. The zero-order chi connectivity index (χ0) is 16.9. The van der Waals surface area contributed by atoms with Crippen molar-refractivity contribution in [3.63, 3.8) is 0 Å². The zero-order valence-corrected chi connectivity index (χ0v) is 18.2. The number of guanidine groups is 1. The van der Waals surface area contributed by atoms with Crippen LogP contribution in [0.3, 0.4) is 0 Å². The normalized spacial score (nSPS) is 17.4. The number of aromatic nitrogens is 1. The molecule has 1 saturated heterocycles. The van der Waals surface area contributed by atoms with Gasteiger partial charge in [-0.3, -0.25) is 4.99 Å². The average Bonchev–Trinajstić information content (AvgIpc) is 2.97. The predicted molar refractivity (Wildman–Crippen MR) is 110 cm³/mol. The van der Waals surface area contributed by atoms with E-state index in [4.69, 9.17) is 0 Å². The molecule has 0 aromatic carbocycles. The van der Waals surface area contributed by atoms with Crippen LogP contribution in [0.4, 0.5) is 0 Å². The summed E-state index contributed by atoms with van der Waals surface area (Å²) in [4.78, 5) is 9.73. The minimum Gasteiger partial charge on any atom is -0.354 e. The summed E-state index contributed by atoms with van der Waals surface area (Å²) in [5.41, 5.74) is 0. The van der Waals surface area contributed by atoms with Crippen molar-refractivity contribution in [1.29, 1.82) is 0 Å². The van der Waals surface area contributed by atoms with Gasteiger partial charge in [-0.1, -0.05) is 0 Å². The Morgan fingerprint density at radius 1 is 1.46 bits per heavy atom. The van der Waals surface area contributed by atoms with Crippen molar-refractivity contribution in [2.24, 2.45) is 4.99 Å². The molecule has 1 fully saturated rings. The number of nitrogens with one attached hydrogen (secondary N) is 2. The molecule has 0 atom stereocenters. The Morgan fingerprint density at radius 2 is 2.12 bits per heavy atom. The number of nitrogens with zero attached hydrogens (tertiary/aromatic N) is 3. The predicted octanol–water partition coefficient (Wildman–Crippen LogP) is 1.55. The van der Waals surface area contributed by atoms with Crippen molar-refractivity contribution in [2.75, 3.05) is 25.9 Å². The van der Waals surface area contributed by atoms with Gasteiger partial charge in [0, 0.05) is 37.3 Å². The van der Waals surface area contributed by atoms with Gasteiger partial charge in [0.2, 0.25) is 10.0 Å². The molecule has 24 heavy (non-hydrogen) atoms. The third kappa shape index (κ3) is 6.12. The van der Waals surface area contributed by atoms with Gasteiger partial charge in [0.25, 0.3) is 0 Å². The van der Waals surface area contributed by atoms with Gasteiger partial charge < -0.3 is 10.6 Å². The fourth-order valence-electron chi connectivity index (χ4n) is 2.49. The highest BCUT2D eigenvalue weighted by atomic mass is 127. The number of sulfonamides is 1. The minimum absolute atomic E-state index is 0. The monoisotopic (exact) mass is 487 g/mol. The number of aliphatic imine (C=N–C) groups is 1. The first kappa shape index (κ1) is 21.6. The molecule has 0 radical (unpaired) electrons. The summed E-state index contributed by atoms with van der Waals surface area (Å²) in [6.07, 6.45) is 3.44. The molecule has 10 heteroatoms. The highest BCUT2D eigenvalue weighted by Gasteiger charge is 2.26. The Balaban J connectivity index is 0.00000288. The zero-order valence-electron chi connectivity index (χ0n) is 14.3. The standard InChI is InChI=1S/C14H25N5O2S2.HI/c1-4-23(20,21)19-7-5-12(6-8-19)18-14(15-3)17-10-13-16-9-11(2)22-13;/h9,12H,4-8,10H2,1-3H3,(H2,15,17,18);1H. The van der Waals surface area contributed by atoms with Crippen LogP contribution in [0.15, 0.2) is 11.2 Å². The second kappa shape index (κ2) is 9.88. The van der Waals surface area contributed by atoms with E-state index in [1.54, 1.807) is 29.6 Å². The third-order valence-corrected chi connectivity index (χ3v) is 6.65. The Morgan fingerprint density at radius 3 is 2.62 bits per heavy atom. The molecule has 2 N–H and O–H groups in total. The molecule has 0 saturated carbocycles. The molecule has 1 aromatic heterocycles. The Labute approximate surface area is 165 Å². The summed E-state index contributed by atoms with van der Waals surface area (Å²) in [6.45, 7) is 5.49. The lowest BCUT2D eigenvalue weighted by atomic mass is 10.1. The Bertz CT molecular complexity index is 639. The molecule has 1 aliphatic rings. The van der Waals surface area contributed by atoms with Crippen LogP contribution < -0.4 is 10.6 Å². The summed E-state index contributed by atoms with van der Waals surface area (Å²) in [7, 11) is -1.33. The van der Waals surface area contributed by atoms with Crippen LogP contribution in [0.5, 0.6) is 0 Å². The smallest absolute Gasteiger partial charge is 0.213 e. The highest BCUT2D eigenvalue weighted by Crippen LogP contribution is 2.14. The molecule has 0 spiro atoms. The summed E-state index contributed by atoms with van der Waals surface area (Å²) >= 11 is 1.66. The lowest BCUT2D eigenvalue weighted by molar-refractivity contribution is 0.306. The molecular formula is C14H26IN5O2S2. The first-order valence-electron chi connectivity index (χ1n) is 7.81. The van der Waals surface area contributed by atoms with E-state index >= 15 is 0 Å². The molecule has 0 unspecified atom stereocenters. The van der Waals surface area contributed by atoms with Gasteiger partial charge in [0.1, 0.15) is 5.01 Å². The number of halogens is 1. The number of piperidine rings is 1. The number of thiazole rings is 1. The highest BCUT2D eigenvalue weighted by molar-refractivity contribution is 14.0. The SMILES string of the molecule is CCS(=O)(=O)N1CCC(NC(=NC)NCc2ncc(C)s2)CC1.I. The van der Waals surface area contributed by atoms with E-state index in [1.807, 2.05) is 13.1 Å². The van der Waals surface area contributed by atoms with E-state index in [2.05, 4.69) is 20.6 Å². The van der Waals surface area contributed by atoms with Gasteiger partial charge in [-0.05, 0) is 26.7 Å². The van der Waals surface area contributed by atoms with Gasteiger partial charge in [0.15, 0.2) is 5.96 Å². The molecule has 0 bridgehead atoms. The fourth-order valence-corrected chi connectivity index (χ4v) is 4.35. The van der Waals surface area contributed by atoms with Crippen LogP contribution in [0.25, 0.3) is 0 Å². The van der Waals surface area contributed by atoms with E-state index < -0.39 is 10.0 Å². The van der Waals surface area contributed by atoms with Gasteiger partial charge in [-0.15, -0.1) is 35.3 Å². The van der Waals surface area contributed by atoms with Gasteiger partial charge in [-0.2, -0.15) is 0 Å². The van der Waals surface area contributed by atoms with Crippen molar-refractivity contribution in [2.45, 2.75) is 39.3 Å².